The van der Waals surface area contributed by atoms with Gasteiger partial charge < -0.3 is 14.4 Å². The summed E-state index contributed by atoms with van der Waals surface area (Å²) in [6.07, 6.45) is 0. The number of aromatic nitrogens is 1. The topological polar surface area (TPSA) is 54.9 Å². The molecule has 0 radical (unpaired) electrons. The number of nitrogens with zero attached hydrogens (tertiary/aromatic N) is 3. The average Bonchev–Trinajstić information content (AvgIpc) is 3.09. The molecule has 0 bridgehead atoms. The molecule has 0 fully saturated rings. The molecule has 0 atom stereocenters. The van der Waals surface area contributed by atoms with Crippen molar-refractivity contribution in [2.24, 2.45) is 0 Å². The maximum atomic E-state index is 12.9. The summed E-state index contributed by atoms with van der Waals surface area (Å²) < 4.78 is 12.8. The van der Waals surface area contributed by atoms with Crippen molar-refractivity contribution < 1.29 is 14.3 Å². The molecule has 6 nitrogen and oxygen atoms in total. The van der Waals surface area contributed by atoms with Gasteiger partial charge in [-0.15, -0.1) is 0 Å². The number of thiazole rings is 1. The summed E-state index contributed by atoms with van der Waals surface area (Å²) in [6.45, 7) is 1.21. The fourth-order valence-corrected chi connectivity index (χ4v) is 4.08. The van der Waals surface area contributed by atoms with Crippen LogP contribution in [0.3, 0.4) is 0 Å². The number of hydrogen-bond donors (Lipinski definition) is 0. The van der Waals surface area contributed by atoms with Gasteiger partial charge in [0, 0.05) is 17.6 Å². The molecule has 148 valence electrons. The van der Waals surface area contributed by atoms with Crippen molar-refractivity contribution in [3.8, 4) is 11.5 Å². The fraction of sp³-hybridized carbons (Fsp3) is 0.300. The number of fused-ring (bicyclic) bond motifs is 1. The Hall–Kier alpha value is -2.16. The van der Waals surface area contributed by atoms with Crippen molar-refractivity contribution in [3.05, 3.63) is 46.9 Å². The first kappa shape index (κ1) is 20.6. The van der Waals surface area contributed by atoms with E-state index in [1.54, 1.807) is 36.3 Å². The minimum atomic E-state index is -0.129. The third kappa shape index (κ3) is 5.21. The second kappa shape index (κ2) is 9.36. The van der Waals surface area contributed by atoms with E-state index < -0.39 is 0 Å². The normalized spacial score (nSPS) is 11.0. The van der Waals surface area contributed by atoms with Gasteiger partial charge in [0.25, 0.3) is 5.91 Å². The molecule has 0 saturated heterocycles. The van der Waals surface area contributed by atoms with Gasteiger partial charge in [0.15, 0.2) is 11.7 Å². The van der Waals surface area contributed by atoms with E-state index in [-0.39, 0.29) is 12.5 Å². The number of halogens is 1. The van der Waals surface area contributed by atoms with E-state index in [0.717, 1.165) is 27.0 Å². The van der Waals surface area contributed by atoms with Crippen LogP contribution in [0, 0.1) is 0 Å². The van der Waals surface area contributed by atoms with Crippen molar-refractivity contribution in [2.45, 2.75) is 0 Å². The number of carbonyl (C=O) groups is 1. The molecule has 2 aromatic carbocycles. The highest BCUT2D eigenvalue weighted by Crippen LogP contribution is 2.31. The largest absolute Gasteiger partial charge is 0.497 e. The van der Waals surface area contributed by atoms with Gasteiger partial charge in [-0.25, -0.2) is 4.98 Å². The number of methoxy groups -OCH3 is 1. The van der Waals surface area contributed by atoms with Gasteiger partial charge in [-0.3, -0.25) is 9.69 Å². The highest BCUT2D eigenvalue weighted by Gasteiger charge is 2.20. The number of hydrogen-bond acceptors (Lipinski definition) is 6. The number of anilines is 1. The molecule has 0 aliphatic carbocycles. The number of likely N-dealkylation sites (N-methyl/N-ethyl adjacent to an activating group) is 1. The molecule has 1 aromatic heterocycles. The van der Waals surface area contributed by atoms with E-state index in [0.29, 0.717) is 17.4 Å². The summed E-state index contributed by atoms with van der Waals surface area (Å²) in [5, 5.41) is 0.679. The molecule has 8 heteroatoms. The van der Waals surface area contributed by atoms with Crippen LogP contribution >= 0.6 is 27.3 Å². The molecule has 1 amide bonds. The van der Waals surface area contributed by atoms with E-state index in [9.17, 15) is 4.79 Å². The van der Waals surface area contributed by atoms with E-state index in [1.165, 1.54) is 11.3 Å². The summed E-state index contributed by atoms with van der Waals surface area (Å²) in [6, 6.07) is 13.1. The van der Waals surface area contributed by atoms with Crippen LogP contribution in [0.2, 0.25) is 0 Å². The highest BCUT2D eigenvalue weighted by molar-refractivity contribution is 9.10. The number of ether oxygens (including phenoxy) is 2. The Labute approximate surface area is 176 Å². The standard InChI is InChI=1S/C20H22BrN3O3S/c1-23(2)10-11-24(20-22-17-9-4-14(21)12-18(17)28-20)19(25)13-27-16-7-5-15(26-3)6-8-16/h4-9,12H,10-11,13H2,1-3H3. The molecular formula is C20H22BrN3O3S. The Morgan fingerprint density at radius 2 is 1.82 bits per heavy atom. The predicted octanol–water partition coefficient (Wildman–Crippen LogP) is 4.04. The first-order chi connectivity index (χ1) is 13.5. The lowest BCUT2D eigenvalue weighted by atomic mass is 10.3. The molecule has 3 aromatic rings. The third-order valence-electron chi connectivity index (χ3n) is 4.06. The summed E-state index contributed by atoms with van der Waals surface area (Å²) in [4.78, 5) is 21.3. The third-order valence-corrected chi connectivity index (χ3v) is 5.60. The van der Waals surface area contributed by atoms with Crippen molar-refractivity contribution in [3.63, 3.8) is 0 Å². The van der Waals surface area contributed by atoms with Crippen molar-refractivity contribution in [1.29, 1.82) is 0 Å². The minimum absolute atomic E-state index is 0.0562. The molecule has 0 N–H and O–H groups in total. The zero-order chi connectivity index (χ0) is 20.1. The zero-order valence-corrected chi connectivity index (χ0v) is 18.4. The van der Waals surface area contributed by atoms with Crippen LogP contribution in [-0.2, 0) is 4.79 Å². The van der Waals surface area contributed by atoms with E-state index in [1.807, 2.05) is 37.2 Å². The maximum absolute atomic E-state index is 12.9. The summed E-state index contributed by atoms with van der Waals surface area (Å²) in [5.41, 5.74) is 0.877. The van der Waals surface area contributed by atoms with Crippen molar-refractivity contribution >= 4 is 48.5 Å². The molecule has 0 aliphatic heterocycles. The molecule has 3 rings (SSSR count). The summed E-state index contributed by atoms with van der Waals surface area (Å²) >= 11 is 4.98. The second-order valence-corrected chi connectivity index (χ2v) is 8.35. The fourth-order valence-electron chi connectivity index (χ4n) is 2.52. The second-order valence-electron chi connectivity index (χ2n) is 6.42. The van der Waals surface area contributed by atoms with Crippen LogP contribution in [0.15, 0.2) is 46.9 Å². The van der Waals surface area contributed by atoms with E-state index in [4.69, 9.17) is 9.47 Å². The Morgan fingerprint density at radius 1 is 1.11 bits per heavy atom. The van der Waals surface area contributed by atoms with Gasteiger partial charge in [0.05, 0.1) is 17.3 Å². The van der Waals surface area contributed by atoms with Crippen LogP contribution in [0.4, 0.5) is 5.13 Å². The Balaban J connectivity index is 1.76. The molecule has 28 heavy (non-hydrogen) atoms. The molecule has 0 aliphatic rings. The van der Waals surface area contributed by atoms with Crippen LogP contribution in [0.5, 0.6) is 11.5 Å². The number of rotatable bonds is 8. The monoisotopic (exact) mass is 463 g/mol. The predicted molar refractivity (Wildman–Crippen MR) is 117 cm³/mol. The first-order valence-electron chi connectivity index (χ1n) is 8.74. The average molecular weight is 464 g/mol. The smallest absolute Gasteiger partial charge is 0.266 e. The zero-order valence-electron chi connectivity index (χ0n) is 16.0. The number of amides is 1. The van der Waals surface area contributed by atoms with Gasteiger partial charge in [-0.05, 0) is 56.6 Å². The van der Waals surface area contributed by atoms with Gasteiger partial charge >= 0.3 is 0 Å². The highest BCUT2D eigenvalue weighted by atomic mass is 79.9. The Morgan fingerprint density at radius 3 is 2.50 bits per heavy atom. The number of carbonyl (C=O) groups excluding carboxylic acids is 1. The quantitative estimate of drug-likeness (QED) is 0.504. The first-order valence-corrected chi connectivity index (χ1v) is 10.4. The Kier molecular flexibility index (Phi) is 6.88. The number of benzene rings is 2. The summed E-state index contributed by atoms with van der Waals surface area (Å²) in [5.74, 6) is 1.23. The van der Waals surface area contributed by atoms with Crippen LogP contribution < -0.4 is 14.4 Å². The van der Waals surface area contributed by atoms with E-state index >= 15 is 0 Å². The Bertz CT molecular complexity index is 944. The molecule has 1 heterocycles. The van der Waals surface area contributed by atoms with Crippen LogP contribution in [0.25, 0.3) is 10.2 Å². The molecule has 0 spiro atoms. The molecular weight excluding hydrogens is 442 g/mol. The van der Waals surface area contributed by atoms with Gasteiger partial charge in [-0.1, -0.05) is 27.3 Å². The van der Waals surface area contributed by atoms with Gasteiger partial charge in [0.1, 0.15) is 11.5 Å². The molecule has 0 unspecified atom stereocenters. The summed E-state index contributed by atoms with van der Waals surface area (Å²) in [7, 11) is 5.57. The van der Waals surface area contributed by atoms with E-state index in [2.05, 4.69) is 20.9 Å². The van der Waals surface area contributed by atoms with Crippen molar-refractivity contribution in [1.82, 2.24) is 9.88 Å². The van der Waals surface area contributed by atoms with Crippen LogP contribution in [0.1, 0.15) is 0 Å². The van der Waals surface area contributed by atoms with Gasteiger partial charge in [0.2, 0.25) is 0 Å². The van der Waals surface area contributed by atoms with Crippen molar-refractivity contribution in [2.75, 3.05) is 45.8 Å². The lowest BCUT2D eigenvalue weighted by Crippen LogP contribution is -2.39. The minimum Gasteiger partial charge on any atom is -0.497 e. The lowest BCUT2D eigenvalue weighted by Gasteiger charge is -2.22. The maximum Gasteiger partial charge on any atom is 0.266 e. The lowest BCUT2D eigenvalue weighted by molar-refractivity contribution is -0.120. The molecule has 0 saturated carbocycles. The van der Waals surface area contributed by atoms with Crippen LogP contribution in [-0.4, -0.2) is 56.7 Å². The van der Waals surface area contributed by atoms with Gasteiger partial charge in [-0.2, -0.15) is 0 Å². The SMILES string of the molecule is COc1ccc(OCC(=O)N(CCN(C)C)c2nc3ccc(Br)cc3s2)cc1.